The van der Waals surface area contributed by atoms with E-state index in [0.29, 0.717) is 12.3 Å². The molecule has 7 heteroatoms. The highest BCUT2D eigenvalue weighted by atomic mass is 32.2. The fourth-order valence-corrected chi connectivity index (χ4v) is 4.00. The Morgan fingerprint density at radius 2 is 1.67 bits per heavy atom. The van der Waals surface area contributed by atoms with Crippen LogP contribution in [0, 0.1) is 0 Å². The van der Waals surface area contributed by atoms with Gasteiger partial charge in [-0.1, -0.05) is 30.3 Å². The van der Waals surface area contributed by atoms with Gasteiger partial charge in [0, 0.05) is 0 Å². The maximum Gasteiger partial charge on any atom is 0.244 e. The Kier molecular flexibility index (Phi) is 6.85. The Hall–Kier alpha value is -2.54. The van der Waals surface area contributed by atoms with Gasteiger partial charge in [-0.3, -0.25) is 9.10 Å². The predicted molar refractivity (Wildman–Crippen MR) is 107 cm³/mol. The molecule has 146 valence electrons. The lowest BCUT2D eigenvalue weighted by Gasteiger charge is -2.29. The molecule has 0 aliphatic carbocycles. The van der Waals surface area contributed by atoms with E-state index in [1.807, 2.05) is 38.1 Å². The first-order valence-electron chi connectivity index (χ1n) is 8.81. The Labute approximate surface area is 161 Å². The summed E-state index contributed by atoms with van der Waals surface area (Å²) in [5.74, 6) is 0.395. The summed E-state index contributed by atoms with van der Waals surface area (Å²) >= 11 is 0. The van der Waals surface area contributed by atoms with Gasteiger partial charge in [0.2, 0.25) is 15.9 Å². The summed E-state index contributed by atoms with van der Waals surface area (Å²) in [7, 11) is -3.62. The molecule has 2 aromatic carbocycles. The molecule has 0 heterocycles. The van der Waals surface area contributed by atoms with Gasteiger partial charge in [-0.25, -0.2) is 8.42 Å². The Morgan fingerprint density at radius 1 is 1.07 bits per heavy atom. The highest BCUT2D eigenvalue weighted by molar-refractivity contribution is 7.92. The first-order chi connectivity index (χ1) is 12.7. The van der Waals surface area contributed by atoms with E-state index in [1.165, 1.54) is 0 Å². The van der Waals surface area contributed by atoms with Crippen molar-refractivity contribution in [1.82, 2.24) is 5.32 Å². The number of hydrogen-bond donors (Lipinski definition) is 1. The second-order valence-electron chi connectivity index (χ2n) is 6.30. The summed E-state index contributed by atoms with van der Waals surface area (Å²) in [6, 6.07) is 14.9. The van der Waals surface area contributed by atoms with E-state index in [4.69, 9.17) is 4.74 Å². The monoisotopic (exact) mass is 390 g/mol. The Balaban J connectivity index is 2.15. The minimum atomic E-state index is -3.62. The Morgan fingerprint density at radius 3 is 2.19 bits per heavy atom. The first kappa shape index (κ1) is 20.8. The topological polar surface area (TPSA) is 75.7 Å². The van der Waals surface area contributed by atoms with Crippen LogP contribution in [0.4, 0.5) is 5.69 Å². The number of nitrogens with one attached hydrogen (secondary N) is 1. The molecule has 0 unspecified atom stereocenters. The number of sulfonamides is 1. The molecular weight excluding hydrogens is 364 g/mol. The van der Waals surface area contributed by atoms with Crippen molar-refractivity contribution in [2.24, 2.45) is 0 Å². The average molecular weight is 391 g/mol. The van der Waals surface area contributed by atoms with E-state index in [9.17, 15) is 13.2 Å². The van der Waals surface area contributed by atoms with Crippen LogP contribution in [0.2, 0.25) is 0 Å². The van der Waals surface area contributed by atoms with Crippen LogP contribution in [0.25, 0.3) is 0 Å². The van der Waals surface area contributed by atoms with Crippen molar-refractivity contribution < 1.29 is 17.9 Å². The van der Waals surface area contributed by atoms with Gasteiger partial charge in [0.1, 0.15) is 11.8 Å². The minimum absolute atomic E-state index is 0.271. The maximum atomic E-state index is 12.7. The van der Waals surface area contributed by atoms with E-state index in [-0.39, 0.29) is 11.9 Å². The van der Waals surface area contributed by atoms with Crippen LogP contribution in [-0.4, -0.2) is 33.2 Å². The lowest BCUT2D eigenvalue weighted by atomic mass is 10.1. The third-order valence-corrected chi connectivity index (χ3v) is 5.39. The van der Waals surface area contributed by atoms with Crippen LogP contribution in [0.5, 0.6) is 5.75 Å². The highest BCUT2D eigenvalue weighted by Gasteiger charge is 2.29. The zero-order chi connectivity index (χ0) is 20.0. The SMILES string of the molecule is CCOc1ccc([C@@H](C)NC(=O)[C@@H](C)N(c2ccccc2)S(C)(=O)=O)cc1. The molecule has 1 amide bonds. The molecule has 0 bridgehead atoms. The molecule has 2 rings (SSSR count). The van der Waals surface area contributed by atoms with E-state index in [2.05, 4.69) is 5.32 Å². The van der Waals surface area contributed by atoms with Crippen molar-refractivity contribution in [2.45, 2.75) is 32.9 Å². The van der Waals surface area contributed by atoms with Crippen molar-refractivity contribution in [3.63, 3.8) is 0 Å². The fraction of sp³-hybridized carbons (Fsp3) is 0.350. The molecular formula is C20H26N2O4S. The summed E-state index contributed by atoms with van der Waals surface area (Å²) in [5, 5.41) is 2.88. The van der Waals surface area contributed by atoms with Gasteiger partial charge in [0.05, 0.1) is 24.6 Å². The van der Waals surface area contributed by atoms with Gasteiger partial charge in [-0.05, 0) is 50.6 Å². The quantitative estimate of drug-likeness (QED) is 0.751. The number of anilines is 1. The number of para-hydroxylation sites is 1. The van der Waals surface area contributed by atoms with Crippen LogP contribution in [-0.2, 0) is 14.8 Å². The summed E-state index contributed by atoms with van der Waals surface area (Å²) < 4.78 is 31.1. The summed E-state index contributed by atoms with van der Waals surface area (Å²) in [6.45, 7) is 5.93. The molecule has 0 spiro atoms. The van der Waals surface area contributed by atoms with Crippen LogP contribution >= 0.6 is 0 Å². The fourth-order valence-electron chi connectivity index (χ4n) is 2.82. The number of rotatable bonds is 8. The number of carbonyl (C=O) groups is 1. The van der Waals surface area contributed by atoms with E-state index < -0.39 is 16.1 Å². The maximum absolute atomic E-state index is 12.7. The molecule has 1 N–H and O–H groups in total. The van der Waals surface area contributed by atoms with Crippen molar-refractivity contribution in [2.75, 3.05) is 17.2 Å². The molecule has 27 heavy (non-hydrogen) atoms. The van der Waals surface area contributed by atoms with Crippen LogP contribution in [0.3, 0.4) is 0 Å². The second kappa shape index (κ2) is 8.90. The summed E-state index contributed by atoms with van der Waals surface area (Å²) in [6.07, 6.45) is 1.10. The summed E-state index contributed by atoms with van der Waals surface area (Å²) in [5.41, 5.74) is 1.36. The van der Waals surface area contributed by atoms with Crippen molar-refractivity contribution in [3.05, 3.63) is 60.2 Å². The standard InChI is InChI=1S/C20H26N2O4S/c1-5-26-19-13-11-17(12-14-19)15(2)21-20(23)16(3)22(27(4,24)25)18-9-7-6-8-10-18/h6-16H,5H2,1-4H3,(H,21,23)/t15-,16-/m1/s1. The van der Waals surface area contributed by atoms with Crippen LogP contribution in [0.15, 0.2) is 54.6 Å². The average Bonchev–Trinajstić information content (AvgIpc) is 2.62. The largest absolute Gasteiger partial charge is 0.494 e. The molecule has 0 saturated heterocycles. The van der Waals surface area contributed by atoms with E-state index in [0.717, 1.165) is 21.9 Å². The number of benzene rings is 2. The van der Waals surface area contributed by atoms with Gasteiger partial charge in [-0.2, -0.15) is 0 Å². The van der Waals surface area contributed by atoms with Crippen molar-refractivity contribution in [1.29, 1.82) is 0 Å². The van der Waals surface area contributed by atoms with Gasteiger partial charge in [0.25, 0.3) is 0 Å². The number of ether oxygens (including phenoxy) is 1. The van der Waals surface area contributed by atoms with Crippen LogP contribution in [0.1, 0.15) is 32.4 Å². The zero-order valence-corrected chi connectivity index (χ0v) is 16.9. The van der Waals surface area contributed by atoms with Crippen molar-refractivity contribution >= 4 is 21.6 Å². The van der Waals surface area contributed by atoms with Crippen molar-refractivity contribution in [3.8, 4) is 5.75 Å². The van der Waals surface area contributed by atoms with Gasteiger partial charge in [0.15, 0.2) is 0 Å². The molecule has 6 nitrogen and oxygen atoms in total. The van der Waals surface area contributed by atoms with Gasteiger partial charge < -0.3 is 10.1 Å². The third kappa shape index (κ3) is 5.47. The molecule has 0 fully saturated rings. The molecule has 0 aromatic heterocycles. The van der Waals surface area contributed by atoms with Gasteiger partial charge >= 0.3 is 0 Å². The highest BCUT2D eigenvalue weighted by Crippen LogP contribution is 2.22. The normalized spacial score (nSPS) is 13.5. The molecule has 0 aliphatic rings. The molecule has 0 radical (unpaired) electrons. The lowest BCUT2D eigenvalue weighted by Crippen LogP contribution is -2.48. The predicted octanol–water partition coefficient (Wildman–Crippen LogP) is 3.12. The number of amides is 1. The second-order valence-corrected chi connectivity index (χ2v) is 8.16. The molecule has 0 saturated carbocycles. The zero-order valence-electron chi connectivity index (χ0n) is 16.0. The molecule has 0 aliphatic heterocycles. The summed E-state index contributed by atoms with van der Waals surface area (Å²) in [4.78, 5) is 12.7. The minimum Gasteiger partial charge on any atom is -0.494 e. The lowest BCUT2D eigenvalue weighted by molar-refractivity contribution is -0.122. The number of nitrogens with zero attached hydrogens (tertiary/aromatic N) is 1. The van der Waals surface area contributed by atoms with E-state index in [1.54, 1.807) is 37.3 Å². The Bertz CT molecular complexity index is 851. The molecule has 2 atom stereocenters. The smallest absolute Gasteiger partial charge is 0.244 e. The van der Waals surface area contributed by atoms with E-state index >= 15 is 0 Å². The first-order valence-corrected chi connectivity index (χ1v) is 10.7. The van der Waals surface area contributed by atoms with Gasteiger partial charge in [-0.15, -0.1) is 0 Å². The number of hydrogen-bond acceptors (Lipinski definition) is 4. The van der Waals surface area contributed by atoms with Crippen LogP contribution < -0.4 is 14.4 Å². The number of carbonyl (C=O) groups excluding carboxylic acids is 1. The third-order valence-electron chi connectivity index (χ3n) is 4.15. The molecule has 2 aromatic rings.